The van der Waals surface area contributed by atoms with Crippen LogP contribution in [0.15, 0.2) is 65.7 Å². The van der Waals surface area contributed by atoms with E-state index < -0.39 is 17.6 Å². The van der Waals surface area contributed by atoms with Crippen molar-refractivity contribution in [2.24, 2.45) is 0 Å². The Morgan fingerprint density at radius 3 is 2.72 bits per heavy atom. The van der Waals surface area contributed by atoms with Gasteiger partial charge in [0, 0.05) is 12.6 Å². The number of benzene rings is 1. The predicted molar refractivity (Wildman–Crippen MR) is 93.2 cm³/mol. The summed E-state index contributed by atoms with van der Waals surface area (Å²) in [6.07, 6.45) is 3.25. The van der Waals surface area contributed by atoms with Crippen molar-refractivity contribution in [1.29, 1.82) is 5.26 Å². The van der Waals surface area contributed by atoms with Crippen LogP contribution in [0.4, 0.5) is 10.5 Å². The standard InChI is InChI=1S/C18H15N5O2/c19-11-14(10-13-6-2-1-3-7-13)21-18(25)22-15-12-20-16-8-4-5-9-23(16)17(15)24/h1-9,12,14H,10H2,(H2,21,22,25)/t14-/m0/s1. The van der Waals surface area contributed by atoms with Gasteiger partial charge in [-0.3, -0.25) is 9.20 Å². The number of anilines is 1. The number of rotatable bonds is 4. The van der Waals surface area contributed by atoms with E-state index in [1.807, 2.05) is 36.4 Å². The Kier molecular flexibility index (Phi) is 4.72. The lowest BCUT2D eigenvalue weighted by molar-refractivity contribution is 0.250. The number of pyridine rings is 1. The molecule has 0 unspecified atom stereocenters. The second kappa shape index (κ2) is 7.27. The smallest absolute Gasteiger partial charge is 0.320 e. The molecule has 2 aromatic heterocycles. The first-order chi connectivity index (χ1) is 12.2. The van der Waals surface area contributed by atoms with Crippen molar-refractivity contribution < 1.29 is 4.79 Å². The van der Waals surface area contributed by atoms with Crippen LogP contribution in [-0.4, -0.2) is 21.5 Å². The van der Waals surface area contributed by atoms with E-state index >= 15 is 0 Å². The summed E-state index contributed by atoms with van der Waals surface area (Å²) in [5, 5.41) is 14.2. The number of carbonyl (C=O) groups is 1. The molecule has 7 heteroatoms. The first kappa shape index (κ1) is 16.2. The average Bonchev–Trinajstić information content (AvgIpc) is 2.64. The number of aromatic nitrogens is 2. The Labute approximate surface area is 143 Å². The van der Waals surface area contributed by atoms with Gasteiger partial charge >= 0.3 is 6.03 Å². The molecule has 0 bridgehead atoms. The maximum absolute atomic E-state index is 12.3. The van der Waals surface area contributed by atoms with Gasteiger partial charge in [-0.2, -0.15) is 5.26 Å². The van der Waals surface area contributed by atoms with Crippen molar-refractivity contribution >= 4 is 17.4 Å². The lowest BCUT2D eigenvalue weighted by Gasteiger charge is -2.12. The van der Waals surface area contributed by atoms with Crippen LogP contribution in [0.3, 0.4) is 0 Å². The SMILES string of the molecule is N#C[C@H](Cc1ccccc1)NC(=O)Nc1cnc2ccccn2c1=O. The molecule has 0 radical (unpaired) electrons. The normalized spacial score (nSPS) is 11.5. The monoisotopic (exact) mass is 333 g/mol. The van der Waals surface area contributed by atoms with E-state index in [2.05, 4.69) is 15.6 Å². The number of urea groups is 1. The maximum atomic E-state index is 12.3. The highest BCUT2D eigenvalue weighted by molar-refractivity contribution is 5.89. The minimum Gasteiger partial charge on any atom is -0.322 e. The topological polar surface area (TPSA) is 99.3 Å². The van der Waals surface area contributed by atoms with Gasteiger partial charge in [0.25, 0.3) is 5.56 Å². The molecule has 2 heterocycles. The number of nitriles is 1. The number of nitrogens with zero attached hydrogens (tertiary/aromatic N) is 3. The fourth-order valence-electron chi connectivity index (χ4n) is 2.41. The molecule has 3 rings (SSSR count). The van der Waals surface area contributed by atoms with Crippen molar-refractivity contribution in [3.05, 3.63) is 76.8 Å². The van der Waals surface area contributed by atoms with Crippen LogP contribution in [-0.2, 0) is 6.42 Å². The van der Waals surface area contributed by atoms with Gasteiger partial charge in [-0.25, -0.2) is 9.78 Å². The maximum Gasteiger partial charge on any atom is 0.320 e. The van der Waals surface area contributed by atoms with E-state index in [9.17, 15) is 14.9 Å². The molecular weight excluding hydrogens is 318 g/mol. The van der Waals surface area contributed by atoms with Gasteiger partial charge in [0.05, 0.1) is 12.3 Å². The molecule has 0 saturated heterocycles. The first-order valence-electron chi connectivity index (χ1n) is 7.65. The number of nitrogens with one attached hydrogen (secondary N) is 2. The Morgan fingerprint density at radius 2 is 1.96 bits per heavy atom. The summed E-state index contributed by atoms with van der Waals surface area (Å²) >= 11 is 0. The summed E-state index contributed by atoms with van der Waals surface area (Å²) < 4.78 is 1.33. The second-order valence-electron chi connectivity index (χ2n) is 5.38. The molecular formula is C18H15N5O2. The highest BCUT2D eigenvalue weighted by Gasteiger charge is 2.14. The lowest BCUT2D eigenvalue weighted by Crippen LogP contribution is -2.39. The van der Waals surface area contributed by atoms with E-state index in [0.717, 1.165) is 5.56 Å². The van der Waals surface area contributed by atoms with Gasteiger partial charge in [0.2, 0.25) is 0 Å². The minimum absolute atomic E-state index is 0.0394. The molecule has 2 N–H and O–H groups in total. The van der Waals surface area contributed by atoms with Crippen LogP contribution >= 0.6 is 0 Å². The molecule has 7 nitrogen and oxygen atoms in total. The zero-order valence-corrected chi connectivity index (χ0v) is 13.2. The third-order valence-corrected chi connectivity index (χ3v) is 3.61. The summed E-state index contributed by atoms with van der Waals surface area (Å²) in [6, 6.07) is 15.2. The Balaban J connectivity index is 1.71. The van der Waals surface area contributed by atoms with Crippen molar-refractivity contribution in [1.82, 2.24) is 14.7 Å². The van der Waals surface area contributed by atoms with Gasteiger partial charge in [0.15, 0.2) is 0 Å². The predicted octanol–water partition coefficient (Wildman–Crippen LogP) is 1.95. The van der Waals surface area contributed by atoms with Crippen LogP contribution < -0.4 is 16.2 Å². The Hall–Kier alpha value is -3.66. The summed E-state index contributed by atoms with van der Waals surface area (Å²) in [5.41, 5.74) is 1.06. The molecule has 0 fully saturated rings. The number of amides is 2. The molecule has 0 aliphatic rings. The van der Waals surface area contributed by atoms with E-state index in [1.165, 1.54) is 10.6 Å². The van der Waals surface area contributed by atoms with E-state index in [4.69, 9.17) is 0 Å². The third-order valence-electron chi connectivity index (χ3n) is 3.61. The minimum atomic E-state index is -0.710. The van der Waals surface area contributed by atoms with Gasteiger partial charge in [-0.05, 0) is 17.7 Å². The van der Waals surface area contributed by atoms with Gasteiger partial charge in [-0.15, -0.1) is 0 Å². The molecule has 25 heavy (non-hydrogen) atoms. The largest absolute Gasteiger partial charge is 0.322 e. The van der Waals surface area contributed by atoms with Crippen molar-refractivity contribution in [3.63, 3.8) is 0 Å². The van der Waals surface area contributed by atoms with Crippen LogP contribution in [0.2, 0.25) is 0 Å². The number of carbonyl (C=O) groups excluding carboxylic acids is 1. The summed E-state index contributed by atoms with van der Waals surface area (Å²) in [6.45, 7) is 0. The van der Waals surface area contributed by atoms with Crippen LogP contribution in [0, 0.1) is 11.3 Å². The quantitative estimate of drug-likeness (QED) is 0.762. The highest BCUT2D eigenvalue weighted by Crippen LogP contribution is 2.04. The number of hydrogen-bond donors (Lipinski definition) is 2. The molecule has 0 spiro atoms. The van der Waals surface area contributed by atoms with E-state index in [0.29, 0.717) is 12.1 Å². The van der Waals surface area contributed by atoms with Crippen LogP contribution in [0.25, 0.3) is 5.65 Å². The molecule has 0 aliphatic carbocycles. The fraction of sp³-hybridized carbons (Fsp3) is 0.111. The van der Waals surface area contributed by atoms with Crippen LogP contribution in [0.5, 0.6) is 0 Å². The van der Waals surface area contributed by atoms with Gasteiger partial charge < -0.3 is 10.6 Å². The second-order valence-corrected chi connectivity index (χ2v) is 5.38. The molecule has 0 aliphatic heterocycles. The van der Waals surface area contributed by atoms with Gasteiger partial charge in [0.1, 0.15) is 17.4 Å². The van der Waals surface area contributed by atoms with E-state index in [1.54, 1.807) is 24.4 Å². The van der Waals surface area contributed by atoms with Crippen molar-refractivity contribution in [2.75, 3.05) is 5.32 Å². The average molecular weight is 333 g/mol. The fourth-order valence-corrected chi connectivity index (χ4v) is 2.41. The van der Waals surface area contributed by atoms with Crippen molar-refractivity contribution in [3.8, 4) is 6.07 Å². The van der Waals surface area contributed by atoms with E-state index in [-0.39, 0.29) is 5.69 Å². The Morgan fingerprint density at radius 1 is 1.20 bits per heavy atom. The third kappa shape index (κ3) is 3.82. The zero-order chi connectivity index (χ0) is 17.6. The van der Waals surface area contributed by atoms with Crippen molar-refractivity contribution in [2.45, 2.75) is 12.5 Å². The molecule has 1 aromatic carbocycles. The summed E-state index contributed by atoms with van der Waals surface area (Å²) in [7, 11) is 0. The van der Waals surface area contributed by atoms with Crippen LogP contribution in [0.1, 0.15) is 5.56 Å². The number of hydrogen-bond acceptors (Lipinski definition) is 4. The van der Waals surface area contributed by atoms with Gasteiger partial charge in [-0.1, -0.05) is 36.4 Å². The molecule has 3 aromatic rings. The summed E-state index contributed by atoms with van der Waals surface area (Å²) in [5.74, 6) is 0. The molecule has 0 saturated carbocycles. The highest BCUT2D eigenvalue weighted by atomic mass is 16.2. The molecule has 1 atom stereocenters. The summed E-state index contributed by atoms with van der Waals surface area (Å²) in [4.78, 5) is 28.6. The molecule has 2 amide bonds. The first-order valence-corrected chi connectivity index (χ1v) is 7.65. The number of fused-ring (bicyclic) bond motifs is 1. The molecule has 124 valence electrons. The lowest BCUT2D eigenvalue weighted by atomic mass is 10.1. The Bertz CT molecular complexity index is 992. The zero-order valence-electron chi connectivity index (χ0n) is 13.2.